The van der Waals surface area contributed by atoms with Gasteiger partial charge >= 0.3 is 0 Å². The lowest BCUT2D eigenvalue weighted by atomic mass is 10.1. The maximum atomic E-state index is 12.4. The van der Waals surface area contributed by atoms with Crippen molar-refractivity contribution in [2.45, 2.75) is 20.3 Å². The van der Waals surface area contributed by atoms with Crippen molar-refractivity contribution in [3.8, 4) is 0 Å². The Kier molecular flexibility index (Phi) is 4.15. The number of rotatable bonds is 3. The Morgan fingerprint density at radius 3 is 2.65 bits per heavy atom. The Morgan fingerprint density at radius 2 is 1.87 bits per heavy atom. The van der Waals surface area contributed by atoms with Crippen molar-refractivity contribution in [2.75, 3.05) is 18.0 Å². The lowest BCUT2D eigenvalue weighted by Gasteiger charge is -2.17. The van der Waals surface area contributed by atoms with Crippen LogP contribution < -0.4 is 10.2 Å². The molecule has 3 rings (SSSR count). The smallest absolute Gasteiger partial charge is 0.251 e. The van der Waals surface area contributed by atoms with Crippen molar-refractivity contribution in [1.29, 1.82) is 0 Å². The molecule has 4 heteroatoms. The maximum absolute atomic E-state index is 12.4. The van der Waals surface area contributed by atoms with Gasteiger partial charge in [0.25, 0.3) is 5.91 Å². The number of aryl methyl sites for hydroxylation is 2. The van der Waals surface area contributed by atoms with Gasteiger partial charge in [-0.3, -0.25) is 9.59 Å². The fourth-order valence-corrected chi connectivity index (χ4v) is 2.83. The van der Waals surface area contributed by atoms with Gasteiger partial charge in [-0.1, -0.05) is 24.3 Å². The number of nitrogens with zero attached hydrogens (tertiary/aromatic N) is 1. The monoisotopic (exact) mass is 308 g/mol. The molecule has 0 fully saturated rings. The standard InChI is InChI=1S/C19H20N2O2/c1-13-7-8-16(11-14(13)2)19(23)20-12-18(22)21-10-9-15-5-3-4-6-17(15)21/h3-8,11H,9-10,12H2,1-2H3,(H,20,23). The molecule has 2 aromatic rings. The van der Waals surface area contributed by atoms with E-state index >= 15 is 0 Å². The summed E-state index contributed by atoms with van der Waals surface area (Å²) in [4.78, 5) is 26.3. The third kappa shape index (κ3) is 3.11. The zero-order valence-corrected chi connectivity index (χ0v) is 13.4. The molecule has 0 atom stereocenters. The topological polar surface area (TPSA) is 49.4 Å². The minimum absolute atomic E-state index is 0.0140. The van der Waals surface area contributed by atoms with Gasteiger partial charge in [0.2, 0.25) is 5.91 Å². The summed E-state index contributed by atoms with van der Waals surface area (Å²) in [5.74, 6) is -0.291. The fourth-order valence-electron chi connectivity index (χ4n) is 2.83. The zero-order valence-electron chi connectivity index (χ0n) is 13.4. The van der Waals surface area contributed by atoms with Gasteiger partial charge in [0.1, 0.15) is 0 Å². The molecule has 0 radical (unpaired) electrons. The van der Waals surface area contributed by atoms with Crippen LogP contribution in [0, 0.1) is 13.8 Å². The van der Waals surface area contributed by atoms with E-state index in [4.69, 9.17) is 0 Å². The van der Waals surface area contributed by atoms with Crippen LogP contribution in [-0.4, -0.2) is 24.9 Å². The number of para-hydroxylation sites is 1. The lowest BCUT2D eigenvalue weighted by molar-refractivity contribution is -0.117. The Balaban J connectivity index is 1.63. The molecule has 118 valence electrons. The van der Waals surface area contributed by atoms with Crippen molar-refractivity contribution in [3.63, 3.8) is 0 Å². The van der Waals surface area contributed by atoms with Crippen molar-refractivity contribution in [2.24, 2.45) is 0 Å². The van der Waals surface area contributed by atoms with Gasteiger partial charge in [0.15, 0.2) is 0 Å². The largest absolute Gasteiger partial charge is 0.343 e. The SMILES string of the molecule is Cc1ccc(C(=O)NCC(=O)N2CCc3ccccc32)cc1C. The van der Waals surface area contributed by atoms with Crippen LogP contribution >= 0.6 is 0 Å². The number of benzene rings is 2. The van der Waals surface area contributed by atoms with Crippen LogP contribution in [0.25, 0.3) is 0 Å². The van der Waals surface area contributed by atoms with Crippen LogP contribution in [-0.2, 0) is 11.2 Å². The molecule has 23 heavy (non-hydrogen) atoms. The molecule has 0 bridgehead atoms. The van der Waals surface area contributed by atoms with Gasteiger partial charge in [0.05, 0.1) is 6.54 Å². The number of anilines is 1. The number of carbonyl (C=O) groups excluding carboxylic acids is 2. The average Bonchev–Trinajstić information content (AvgIpc) is 2.99. The van der Waals surface area contributed by atoms with E-state index in [0.717, 1.165) is 23.2 Å². The molecule has 0 unspecified atom stereocenters. The second kappa shape index (κ2) is 6.24. The van der Waals surface area contributed by atoms with Gasteiger partial charge in [-0.15, -0.1) is 0 Å². The number of amides is 2. The van der Waals surface area contributed by atoms with Gasteiger partial charge in [-0.2, -0.15) is 0 Å². The first-order chi connectivity index (χ1) is 11.1. The summed E-state index contributed by atoms with van der Waals surface area (Å²) in [5, 5.41) is 2.72. The van der Waals surface area contributed by atoms with Crippen LogP contribution in [0.15, 0.2) is 42.5 Å². The van der Waals surface area contributed by atoms with E-state index in [0.29, 0.717) is 12.1 Å². The van der Waals surface area contributed by atoms with Crippen LogP contribution in [0.2, 0.25) is 0 Å². The highest BCUT2D eigenvalue weighted by molar-refractivity contribution is 6.01. The molecule has 1 aliphatic rings. The maximum Gasteiger partial charge on any atom is 0.251 e. The molecule has 1 heterocycles. The molecule has 0 aliphatic carbocycles. The number of hydrogen-bond acceptors (Lipinski definition) is 2. The number of nitrogens with one attached hydrogen (secondary N) is 1. The summed E-state index contributed by atoms with van der Waals surface area (Å²) in [6.45, 7) is 4.67. The van der Waals surface area contributed by atoms with Crippen LogP contribution in [0.1, 0.15) is 27.0 Å². The molecule has 0 saturated heterocycles. The van der Waals surface area contributed by atoms with Crippen molar-refractivity contribution >= 4 is 17.5 Å². The first kappa shape index (κ1) is 15.3. The predicted octanol–water partition coefficient (Wildman–Crippen LogP) is 2.62. The molecule has 1 aliphatic heterocycles. The molecule has 0 saturated carbocycles. The Labute approximate surface area is 136 Å². The minimum atomic E-state index is -0.214. The summed E-state index contributed by atoms with van der Waals surface area (Å²) in [6, 6.07) is 13.4. The highest BCUT2D eigenvalue weighted by Crippen LogP contribution is 2.27. The van der Waals surface area contributed by atoms with Crippen molar-refractivity contribution in [3.05, 3.63) is 64.7 Å². The number of carbonyl (C=O) groups is 2. The van der Waals surface area contributed by atoms with E-state index in [9.17, 15) is 9.59 Å². The molecule has 1 N–H and O–H groups in total. The highest BCUT2D eigenvalue weighted by atomic mass is 16.2. The zero-order chi connectivity index (χ0) is 16.4. The summed E-state index contributed by atoms with van der Waals surface area (Å²) >= 11 is 0. The molecule has 0 spiro atoms. The Bertz CT molecular complexity index is 768. The normalized spacial score (nSPS) is 12.9. The van der Waals surface area contributed by atoms with Gasteiger partial charge < -0.3 is 10.2 Å². The van der Waals surface area contributed by atoms with Crippen LogP contribution in [0.4, 0.5) is 5.69 Å². The lowest BCUT2D eigenvalue weighted by Crippen LogP contribution is -2.39. The molecule has 2 aromatic carbocycles. The number of hydrogen-bond donors (Lipinski definition) is 1. The second-order valence-electron chi connectivity index (χ2n) is 5.91. The summed E-state index contributed by atoms with van der Waals surface area (Å²) in [6.07, 6.45) is 0.868. The minimum Gasteiger partial charge on any atom is -0.343 e. The number of fused-ring (bicyclic) bond motifs is 1. The fraction of sp³-hybridized carbons (Fsp3) is 0.263. The van der Waals surface area contributed by atoms with E-state index < -0.39 is 0 Å². The van der Waals surface area contributed by atoms with Crippen molar-refractivity contribution < 1.29 is 9.59 Å². The quantitative estimate of drug-likeness (QED) is 0.947. The van der Waals surface area contributed by atoms with Crippen LogP contribution in [0.5, 0.6) is 0 Å². The third-order valence-corrected chi connectivity index (χ3v) is 4.36. The highest BCUT2D eigenvalue weighted by Gasteiger charge is 2.24. The molecular weight excluding hydrogens is 288 g/mol. The van der Waals surface area contributed by atoms with Gasteiger partial charge in [0, 0.05) is 17.8 Å². The van der Waals surface area contributed by atoms with E-state index in [1.165, 1.54) is 5.56 Å². The summed E-state index contributed by atoms with van der Waals surface area (Å²) < 4.78 is 0. The summed E-state index contributed by atoms with van der Waals surface area (Å²) in [5.41, 5.74) is 4.94. The molecule has 4 nitrogen and oxygen atoms in total. The van der Waals surface area contributed by atoms with E-state index in [-0.39, 0.29) is 18.4 Å². The van der Waals surface area contributed by atoms with E-state index in [1.807, 2.05) is 50.2 Å². The molecule has 0 aromatic heterocycles. The molecular formula is C19H20N2O2. The Morgan fingerprint density at radius 1 is 1.09 bits per heavy atom. The average molecular weight is 308 g/mol. The van der Waals surface area contributed by atoms with Gasteiger partial charge in [-0.05, 0) is 55.2 Å². The Hall–Kier alpha value is -2.62. The first-order valence-electron chi connectivity index (χ1n) is 7.80. The van der Waals surface area contributed by atoms with Gasteiger partial charge in [-0.25, -0.2) is 0 Å². The molecule has 2 amide bonds. The predicted molar refractivity (Wildman–Crippen MR) is 90.7 cm³/mol. The van der Waals surface area contributed by atoms with Crippen LogP contribution in [0.3, 0.4) is 0 Å². The second-order valence-corrected chi connectivity index (χ2v) is 5.91. The van der Waals surface area contributed by atoms with E-state index in [1.54, 1.807) is 11.0 Å². The first-order valence-corrected chi connectivity index (χ1v) is 7.80. The van der Waals surface area contributed by atoms with E-state index in [2.05, 4.69) is 5.32 Å². The van der Waals surface area contributed by atoms with Crippen molar-refractivity contribution in [1.82, 2.24) is 5.32 Å². The summed E-state index contributed by atoms with van der Waals surface area (Å²) in [7, 11) is 0. The third-order valence-electron chi connectivity index (χ3n) is 4.36.